The molecule has 1 saturated heterocycles. The predicted octanol–water partition coefficient (Wildman–Crippen LogP) is 5.82. The summed E-state index contributed by atoms with van der Waals surface area (Å²) in [5.74, 6) is 0.865. The van der Waals surface area contributed by atoms with Crippen molar-refractivity contribution in [2.45, 2.75) is 70.4 Å². The molecule has 0 aromatic heterocycles. The Morgan fingerprint density at radius 2 is 1.94 bits per heavy atom. The minimum atomic E-state index is -0.764. The Labute approximate surface area is 203 Å². The zero-order chi connectivity index (χ0) is 24.3. The standard InChI is InChI=1S/C29H37NO4/c1-4-34-26-19-23(13-14-25(26)31)28-24-7-5-6-16-29(24,33)17-18-30(28)27(32)15-10-21-8-11-22(12-9-21)20(2)3/h8-15,19-20,24,28,31,33H,4-7,16-18H2,1-3H3/b15-10+/t24-,28-,29-/m1/s1. The summed E-state index contributed by atoms with van der Waals surface area (Å²) >= 11 is 0. The minimum Gasteiger partial charge on any atom is -0.504 e. The summed E-state index contributed by atoms with van der Waals surface area (Å²) in [7, 11) is 0. The minimum absolute atomic E-state index is 0.0447. The molecule has 2 N–H and O–H groups in total. The van der Waals surface area contributed by atoms with Crippen LogP contribution in [0, 0.1) is 5.92 Å². The average Bonchev–Trinajstić information content (AvgIpc) is 2.83. The van der Waals surface area contributed by atoms with Gasteiger partial charge in [0.2, 0.25) is 5.91 Å². The molecule has 1 aliphatic carbocycles. The molecule has 4 rings (SSSR count). The van der Waals surface area contributed by atoms with Crippen LogP contribution in [-0.4, -0.2) is 39.8 Å². The fraction of sp³-hybridized carbons (Fsp3) is 0.483. The summed E-state index contributed by atoms with van der Waals surface area (Å²) in [6.45, 7) is 7.14. The van der Waals surface area contributed by atoms with Crippen molar-refractivity contribution in [3.8, 4) is 11.5 Å². The lowest BCUT2D eigenvalue weighted by Gasteiger charge is -2.52. The maximum absolute atomic E-state index is 13.5. The van der Waals surface area contributed by atoms with Gasteiger partial charge in [0.15, 0.2) is 11.5 Å². The Morgan fingerprint density at radius 1 is 1.18 bits per heavy atom. The van der Waals surface area contributed by atoms with Gasteiger partial charge < -0.3 is 19.8 Å². The lowest BCUT2D eigenvalue weighted by atomic mass is 9.66. The van der Waals surface area contributed by atoms with Gasteiger partial charge in [-0.25, -0.2) is 0 Å². The summed E-state index contributed by atoms with van der Waals surface area (Å²) in [6.07, 6.45) is 7.80. The molecule has 5 nitrogen and oxygen atoms in total. The monoisotopic (exact) mass is 463 g/mol. The number of rotatable bonds is 6. The molecular weight excluding hydrogens is 426 g/mol. The number of phenols is 1. The molecule has 0 radical (unpaired) electrons. The molecule has 0 bridgehead atoms. The van der Waals surface area contributed by atoms with E-state index in [1.54, 1.807) is 12.1 Å². The predicted molar refractivity (Wildman–Crippen MR) is 135 cm³/mol. The van der Waals surface area contributed by atoms with Crippen LogP contribution < -0.4 is 4.74 Å². The fourth-order valence-corrected chi connectivity index (χ4v) is 5.58. The summed E-state index contributed by atoms with van der Waals surface area (Å²) in [5, 5.41) is 21.7. The number of likely N-dealkylation sites (tertiary alicyclic amines) is 1. The van der Waals surface area contributed by atoms with E-state index >= 15 is 0 Å². The second-order valence-corrected chi connectivity index (χ2v) is 10.00. The number of benzene rings is 2. The molecule has 2 aliphatic rings. The molecule has 2 aromatic carbocycles. The molecule has 2 aromatic rings. The number of hydrogen-bond acceptors (Lipinski definition) is 4. The Balaban J connectivity index is 1.64. The molecule has 1 heterocycles. The second kappa shape index (κ2) is 10.2. The Kier molecular flexibility index (Phi) is 7.32. The lowest BCUT2D eigenvalue weighted by Crippen LogP contribution is -2.56. The normalized spacial score (nSPS) is 24.9. The van der Waals surface area contributed by atoms with Gasteiger partial charge in [0.05, 0.1) is 18.2 Å². The van der Waals surface area contributed by atoms with Crippen LogP contribution in [0.15, 0.2) is 48.5 Å². The van der Waals surface area contributed by atoms with Crippen molar-refractivity contribution in [1.29, 1.82) is 0 Å². The number of phenolic OH excluding ortho intramolecular Hbond substituents is 1. The highest BCUT2D eigenvalue weighted by Crippen LogP contribution is 2.50. The number of piperidine rings is 1. The van der Waals surface area contributed by atoms with Crippen LogP contribution in [0.3, 0.4) is 0 Å². The average molecular weight is 464 g/mol. The second-order valence-electron chi connectivity index (χ2n) is 10.00. The maximum Gasteiger partial charge on any atom is 0.247 e. The van der Waals surface area contributed by atoms with Gasteiger partial charge in [-0.2, -0.15) is 0 Å². The maximum atomic E-state index is 13.5. The Bertz CT molecular complexity index is 1030. The summed E-state index contributed by atoms with van der Waals surface area (Å²) in [4.78, 5) is 15.4. The number of aromatic hydroxyl groups is 1. The molecule has 0 spiro atoms. The van der Waals surface area contributed by atoms with Crippen molar-refractivity contribution in [2.24, 2.45) is 5.92 Å². The quantitative estimate of drug-likeness (QED) is 0.530. The topological polar surface area (TPSA) is 70.0 Å². The fourth-order valence-electron chi connectivity index (χ4n) is 5.58. The van der Waals surface area contributed by atoms with E-state index in [-0.39, 0.29) is 23.6 Å². The first kappa shape index (κ1) is 24.3. The first-order valence-electron chi connectivity index (χ1n) is 12.6. The number of aliphatic hydroxyl groups is 1. The number of nitrogens with zero attached hydrogens (tertiary/aromatic N) is 1. The van der Waals surface area contributed by atoms with Crippen LogP contribution in [0.25, 0.3) is 6.08 Å². The first-order chi connectivity index (χ1) is 16.3. The molecule has 1 aliphatic heterocycles. The van der Waals surface area contributed by atoms with Gasteiger partial charge in [-0.3, -0.25) is 4.79 Å². The highest BCUT2D eigenvalue weighted by Gasteiger charge is 2.50. The van der Waals surface area contributed by atoms with E-state index in [4.69, 9.17) is 4.74 Å². The first-order valence-corrected chi connectivity index (χ1v) is 12.6. The highest BCUT2D eigenvalue weighted by atomic mass is 16.5. The van der Waals surface area contributed by atoms with E-state index in [2.05, 4.69) is 26.0 Å². The summed E-state index contributed by atoms with van der Waals surface area (Å²) in [6, 6.07) is 13.3. The number of amides is 1. The molecule has 0 unspecified atom stereocenters. The smallest absolute Gasteiger partial charge is 0.247 e. The van der Waals surface area contributed by atoms with Crippen LogP contribution in [0.5, 0.6) is 11.5 Å². The molecule has 182 valence electrons. The van der Waals surface area contributed by atoms with E-state index in [1.165, 1.54) is 5.56 Å². The van der Waals surface area contributed by atoms with Gasteiger partial charge in [-0.15, -0.1) is 0 Å². The van der Waals surface area contributed by atoms with Crippen molar-refractivity contribution in [3.05, 3.63) is 65.2 Å². The summed E-state index contributed by atoms with van der Waals surface area (Å²) in [5.41, 5.74) is 2.39. The number of ether oxygens (including phenoxy) is 1. The largest absolute Gasteiger partial charge is 0.504 e. The zero-order valence-electron chi connectivity index (χ0n) is 20.5. The summed E-state index contributed by atoms with van der Waals surface area (Å²) < 4.78 is 5.63. The van der Waals surface area contributed by atoms with E-state index < -0.39 is 5.60 Å². The molecular formula is C29H37NO4. The molecule has 34 heavy (non-hydrogen) atoms. The Morgan fingerprint density at radius 3 is 2.65 bits per heavy atom. The van der Waals surface area contributed by atoms with Gasteiger partial charge in [0.1, 0.15) is 0 Å². The van der Waals surface area contributed by atoms with Gasteiger partial charge >= 0.3 is 0 Å². The van der Waals surface area contributed by atoms with Gasteiger partial charge in [0.25, 0.3) is 0 Å². The molecule has 1 saturated carbocycles. The van der Waals surface area contributed by atoms with Gasteiger partial charge in [0, 0.05) is 18.5 Å². The third-order valence-corrected chi connectivity index (χ3v) is 7.50. The highest BCUT2D eigenvalue weighted by molar-refractivity contribution is 5.92. The van der Waals surface area contributed by atoms with Crippen LogP contribution in [0.1, 0.15) is 81.5 Å². The third-order valence-electron chi connectivity index (χ3n) is 7.50. The molecule has 2 fully saturated rings. The third kappa shape index (κ3) is 5.00. The van der Waals surface area contributed by atoms with E-state index in [1.807, 2.05) is 42.2 Å². The van der Waals surface area contributed by atoms with E-state index in [0.29, 0.717) is 31.2 Å². The number of carbonyl (C=O) groups excluding carboxylic acids is 1. The molecule has 5 heteroatoms. The van der Waals surface area contributed by atoms with Gasteiger partial charge in [-0.05, 0) is 67.0 Å². The number of fused-ring (bicyclic) bond motifs is 1. The molecule has 3 atom stereocenters. The van der Waals surface area contributed by atoms with Crippen LogP contribution in [-0.2, 0) is 4.79 Å². The van der Waals surface area contributed by atoms with E-state index in [0.717, 1.165) is 36.8 Å². The molecule has 1 amide bonds. The van der Waals surface area contributed by atoms with Gasteiger partial charge in [-0.1, -0.05) is 57.0 Å². The van der Waals surface area contributed by atoms with Crippen molar-refractivity contribution in [3.63, 3.8) is 0 Å². The SMILES string of the molecule is CCOc1cc([C@@H]2[C@H]3CCCC[C@@]3(O)CCN2C(=O)/C=C/c2ccc(C(C)C)cc2)ccc1O. The van der Waals surface area contributed by atoms with Crippen molar-refractivity contribution in [2.75, 3.05) is 13.2 Å². The van der Waals surface area contributed by atoms with Crippen molar-refractivity contribution >= 4 is 12.0 Å². The van der Waals surface area contributed by atoms with Crippen LogP contribution in [0.4, 0.5) is 0 Å². The lowest BCUT2D eigenvalue weighted by molar-refractivity contribution is -0.150. The van der Waals surface area contributed by atoms with E-state index in [9.17, 15) is 15.0 Å². The number of carbonyl (C=O) groups is 1. The van der Waals surface area contributed by atoms with Crippen LogP contribution >= 0.6 is 0 Å². The van der Waals surface area contributed by atoms with Crippen LogP contribution in [0.2, 0.25) is 0 Å². The zero-order valence-corrected chi connectivity index (χ0v) is 20.5. The van der Waals surface area contributed by atoms with Crippen molar-refractivity contribution in [1.82, 2.24) is 4.90 Å². The van der Waals surface area contributed by atoms with Crippen molar-refractivity contribution < 1.29 is 19.7 Å². The number of hydrogen-bond donors (Lipinski definition) is 2. The Hall–Kier alpha value is -2.79.